The van der Waals surface area contributed by atoms with Crippen LogP contribution in [0.4, 0.5) is 10.1 Å². The Morgan fingerprint density at radius 1 is 1.08 bits per heavy atom. The number of carbonyl (C=O) groups is 2. The van der Waals surface area contributed by atoms with Gasteiger partial charge in [0.15, 0.2) is 0 Å². The van der Waals surface area contributed by atoms with E-state index in [1.807, 2.05) is 0 Å². The molecule has 1 aliphatic heterocycles. The molecule has 25 heavy (non-hydrogen) atoms. The van der Waals surface area contributed by atoms with E-state index in [2.05, 4.69) is 0 Å². The molecule has 2 aromatic rings. The molecule has 0 radical (unpaired) electrons. The number of anilines is 1. The minimum atomic E-state index is -0.589. The zero-order valence-corrected chi connectivity index (χ0v) is 14.1. The number of methoxy groups -OCH3 is 1. The van der Waals surface area contributed by atoms with E-state index in [-0.39, 0.29) is 17.6 Å². The second-order valence-corrected chi connectivity index (χ2v) is 5.87. The Hall–Kier alpha value is -2.89. The van der Waals surface area contributed by atoms with Crippen LogP contribution in [-0.2, 0) is 4.79 Å². The number of hydrogen-bond acceptors (Lipinski definition) is 3. The monoisotopic (exact) mass is 342 g/mol. The van der Waals surface area contributed by atoms with Gasteiger partial charge in [-0.15, -0.1) is 0 Å². The number of piperazine rings is 1. The van der Waals surface area contributed by atoms with Gasteiger partial charge >= 0.3 is 0 Å². The van der Waals surface area contributed by atoms with Crippen molar-refractivity contribution in [3.63, 3.8) is 0 Å². The lowest BCUT2D eigenvalue weighted by Crippen LogP contribution is -2.57. The Morgan fingerprint density at radius 3 is 2.32 bits per heavy atom. The fourth-order valence-corrected chi connectivity index (χ4v) is 2.92. The molecular weight excluding hydrogens is 323 g/mol. The van der Waals surface area contributed by atoms with E-state index < -0.39 is 6.04 Å². The van der Waals surface area contributed by atoms with Gasteiger partial charge in [-0.1, -0.05) is 0 Å². The van der Waals surface area contributed by atoms with Crippen LogP contribution in [0, 0.1) is 5.82 Å². The third-order valence-corrected chi connectivity index (χ3v) is 4.39. The van der Waals surface area contributed by atoms with Crippen molar-refractivity contribution in [3.05, 3.63) is 59.9 Å². The summed E-state index contributed by atoms with van der Waals surface area (Å²) in [6, 6.07) is 12.0. The van der Waals surface area contributed by atoms with Crippen LogP contribution in [0.1, 0.15) is 17.3 Å². The van der Waals surface area contributed by atoms with Crippen molar-refractivity contribution in [2.24, 2.45) is 0 Å². The summed E-state index contributed by atoms with van der Waals surface area (Å²) in [7, 11) is 1.56. The zero-order chi connectivity index (χ0) is 18.0. The molecule has 5 nitrogen and oxygen atoms in total. The van der Waals surface area contributed by atoms with E-state index in [0.29, 0.717) is 30.1 Å². The van der Waals surface area contributed by atoms with Crippen LogP contribution in [0.2, 0.25) is 0 Å². The van der Waals surface area contributed by atoms with Crippen molar-refractivity contribution >= 4 is 17.5 Å². The molecular formula is C19H19FN2O3. The minimum absolute atomic E-state index is 0.181. The van der Waals surface area contributed by atoms with E-state index >= 15 is 0 Å². The van der Waals surface area contributed by atoms with Crippen molar-refractivity contribution in [1.82, 2.24) is 4.90 Å². The van der Waals surface area contributed by atoms with E-state index in [9.17, 15) is 14.0 Å². The van der Waals surface area contributed by atoms with Gasteiger partial charge in [0.25, 0.3) is 5.91 Å². The smallest absolute Gasteiger partial charge is 0.254 e. The molecule has 2 amide bonds. The highest BCUT2D eigenvalue weighted by molar-refractivity contribution is 6.03. The summed E-state index contributed by atoms with van der Waals surface area (Å²) in [5.74, 6) is -0.0543. The van der Waals surface area contributed by atoms with E-state index in [1.54, 1.807) is 60.2 Å². The molecule has 1 heterocycles. The van der Waals surface area contributed by atoms with Crippen LogP contribution in [0.3, 0.4) is 0 Å². The zero-order valence-electron chi connectivity index (χ0n) is 14.1. The van der Waals surface area contributed by atoms with E-state index in [0.717, 1.165) is 0 Å². The number of nitrogens with zero attached hydrogens (tertiary/aromatic N) is 2. The van der Waals surface area contributed by atoms with Crippen LogP contribution in [0.25, 0.3) is 0 Å². The Labute approximate surface area is 145 Å². The van der Waals surface area contributed by atoms with Gasteiger partial charge in [0.05, 0.1) is 7.11 Å². The lowest BCUT2D eigenvalue weighted by molar-refractivity contribution is -0.124. The molecule has 6 heteroatoms. The Kier molecular flexibility index (Phi) is 4.70. The molecule has 0 spiro atoms. The number of rotatable bonds is 3. The van der Waals surface area contributed by atoms with Crippen molar-refractivity contribution in [3.8, 4) is 5.75 Å². The minimum Gasteiger partial charge on any atom is -0.497 e. The van der Waals surface area contributed by atoms with Gasteiger partial charge in [-0.2, -0.15) is 0 Å². The predicted octanol–water partition coefficient (Wildman–Crippen LogP) is 2.71. The number of halogens is 1. The van der Waals surface area contributed by atoms with Gasteiger partial charge in [0.1, 0.15) is 17.6 Å². The van der Waals surface area contributed by atoms with Crippen LogP contribution in [0.5, 0.6) is 5.75 Å². The van der Waals surface area contributed by atoms with Crippen molar-refractivity contribution < 1.29 is 18.7 Å². The molecule has 130 valence electrons. The summed E-state index contributed by atoms with van der Waals surface area (Å²) < 4.78 is 18.2. The topological polar surface area (TPSA) is 49.9 Å². The van der Waals surface area contributed by atoms with Crippen molar-refractivity contribution in [2.75, 3.05) is 25.1 Å². The first-order chi connectivity index (χ1) is 12.0. The number of amides is 2. The summed E-state index contributed by atoms with van der Waals surface area (Å²) >= 11 is 0. The average Bonchev–Trinajstić information content (AvgIpc) is 2.64. The molecule has 0 saturated carbocycles. The standard InChI is InChI=1S/C19H19FN2O3/c1-13-18(23)22(16-7-5-15(20)6-8-16)12-11-21(13)19(24)14-3-9-17(25-2)10-4-14/h3-10,13H,11-12H2,1-2H3. The third-order valence-electron chi connectivity index (χ3n) is 4.39. The number of ether oxygens (including phenoxy) is 1. The van der Waals surface area contributed by atoms with Gasteiger partial charge in [0.2, 0.25) is 5.91 Å². The molecule has 1 saturated heterocycles. The quantitative estimate of drug-likeness (QED) is 0.862. The van der Waals surface area contributed by atoms with Crippen LogP contribution in [0.15, 0.2) is 48.5 Å². The Bertz CT molecular complexity index is 774. The molecule has 3 rings (SSSR count). The second kappa shape index (κ2) is 6.93. The molecule has 0 N–H and O–H groups in total. The summed E-state index contributed by atoms with van der Waals surface area (Å²) in [6.07, 6.45) is 0. The summed E-state index contributed by atoms with van der Waals surface area (Å²) in [5, 5.41) is 0. The van der Waals surface area contributed by atoms with Crippen molar-refractivity contribution in [2.45, 2.75) is 13.0 Å². The Morgan fingerprint density at radius 2 is 1.72 bits per heavy atom. The molecule has 0 aromatic heterocycles. The molecule has 1 aliphatic rings. The maximum absolute atomic E-state index is 13.1. The molecule has 0 bridgehead atoms. The van der Waals surface area contributed by atoms with Gasteiger partial charge in [-0.25, -0.2) is 4.39 Å². The second-order valence-electron chi connectivity index (χ2n) is 5.87. The highest BCUT2D eigenvalue weighted by Crippen LogP contribution is 2.22. The maximum Gasteiger partial charge on any atom is 0.254 e. The van der Waals surface area contributed by atoms with Gasteiger partial charge < -0.3 is 14.5 Å². The van der Waals surface area contributed by atoms with Crippen LogP contribution in [-0.4, -0.2) is 43.0 Å². The molecule has 2 aromatic carbocycles. The van der Waals surface area contributed by atoms with Crippen LogP contribution < -0.4 is 9.64 Å². The first-order valence-electron chi connectivity index (χ1n) is 8.03. The largest absolute Gasteiger partial charge is 0.497 e. The Balaban J connectivity index is 1.76. The molecule has 1 fully saturated rings. The van der Waals surface area contributed by atoms with E-state index in [1.165, 1.54) is 12.1 Å². The molecule has 1 atom stereocenters. The first-order valence-corrected chi connectivity index (χ1v) is 8.03. The normalized spacial score (nSPS) is 17.6. The average molecular weight is 342 g/mol. The first kappa shape index (κ1) is 17.0. The lowest BCUT2D eigenvalue weighted by atomic mass is 10.1. The van der Waals surface area contributed by atoms with Gasteiger partial charge in [0, 0.05) is 24.3 Å². The highest BCUT2D eigenvalue weighted by Gasteiger charge is 2.35. The van der Waals surface area contributed by atoms with Crippen LogP contribution >= 0.6 is 0 Å². The van der Waals surface area contributed by atoms with Gasteiger partial charge in [-0.05, 0) is 55.5 Å². The van der Waals surface area contributed by atoms with Crippen molar-refractivity contribution in [1.29, 1.82) is 0 Å². The summed E-state index contributed by atoms with van der Waals surface area (Å²) in [4.78, 5) is 28.5. The van der Waals surface area contributed by atoms with E-state index in [4.69, 9.17) is 4.74 Å². The molecule has 1 unspecified atom stereocenters. The maximum atomic E-state index is 13.1. The number of carbonyl (C=O) groups excluding carboxylic acids is 2. The summed E-state index contributed by atoms with van der Waals surface area (Å²) in [6.45, 7) is 2.49. The fourth-order valence-electron chi connectivity index (χ4n) is 2.92. The highest BCUT2D eigenvalue weighted by atomic mass is 19.1. The lowest BCUT2D eigenvalue weighted by Gasteiger charge is -2.39. The number of benzene rings is 2. The summed E-state index contributed by atoms with van der Waals surface area (Å²) in [5.41, 5.74) is 1.14. The SMILES string of the molecule is COc1ccc(C(=O)N2CCN(c3ccc(F)cc3)C(=O)C2C)cc1. The number of hydrogen-bond donors (Lipinski definition) is 0. The predicted molar refractivity (Wildman–Crippen MR) is 92.2 cm³/mol. The third kappa shape index (κ3) is 3.33. The fraction of sp³-hybridized carbons (Fsp3) is 0.263. The molecule has 0 aliphatic carbocycles. The van der Waals surface area contributed by atoms with Gasteiger partial charge in [-0.3, -0.25) is 9.59 Å².